The van der Waals surface area contributed by atoms with Gasteiger partial charge in [-0.2, -0.15) is 0 Å². The van der Waals surface area contributed by atoms with E-state index in [2.05, 4.69) is 0 Å². The predicted octanol–water partition coefficient (Wildman–Crippen LogP) is 4.14. The Morgan fingerprint density at radius 3 is 2.50 bits per heavy atom. The molecule has 0 heterocycles. The summed E-state index contributed by atoms with van der Waals surface area (Å²) in [5, 5.41) is 2.25. The lowest BCUT2D eigenvalue weighted by molar-refractivity contribution is 0.300. The monoisotopic (exact) mass is 267 g/mol. The Hall–Kier alpha value is -2.55. The maximum Gasteiger partial charge on any atom is 0.131 e. The van der Waals surface area contributed by atoms with Crippen LogP contribution >= 0.6 is 0 Å². The molecule has 2 nitrogen and oxygen atoms in total. The SMILES string of the molecule is Nc1ccc(COc2ccc3ccccc3c2)c(F)c1. The zero-order chi connectivity index (χ0) is 13.9. The van der Waals surface area contributed by atoms with Crippen LogP contribution in [0.2, 0.25) is 0 Å². The van der Waals surface area contributed by atoms with Crippen molar-refractivity contribution >= 4 is 16.5 Å². The third-order valence-corrected chi connectivity index (χ3v) is 3.19. The number of nitrogens with two attached hydrogens (primary N) is 1. The van der Waals surface area contributed by atoms with Crippen molar-refractivity contribution in [2.75, 3.05) is 5.73 Å². The molecule has 3 aromatic carbocycles. The van der Waals surface area contributed by atoms with Crippen LogP contribution in [0.5, 0.6) is 5.75 Å². The van der Waals surface area contributed by atoms with Crippen LogP contribution in [0.4, 0.5) is 10.1 Å². The Morgan fingerprint density at radius 1 is 0.900 bits per heavy atom. The number of hydrogen-bond acceptors (Lipinski definition) is 2. The summed E-state index contributed by atoms with van der Waals surface area (Å²) in [5.74, 6) is 0.380. The van der Waals surface area contributed by atoms with Gasteiger partial charge in [0.2, 0.25) is 0 Å². The third-order valence-electron chi connectivity index (χ3n) is 3.19. The molecule has 0 atom stereocenters. The van der Waals surface area contributed by atoms with E-state index in [0.29, 0.717) is 11.3 Å². The minimum atomic E-state index is -0.342. The summed E-state index contributed by atoms with van der Waals surface area (Å²) < 4.78 is 19.3. The molecule has 0 aromatic heterocycles. The molecule has 0 spiro atoms. The summed E-state index contributed by atoms with van der Waals surface area (Å²) in [4.78, 5) is 0. The fourth-order valence-corrected chi connectivity index (χ4v) is 2.10. The van der Waals surface area contributed by atoms with Gasteiger partial charge in [-0.1, -0.05) is 36.4 Å². The number of nitrogen functional groups attached to an aromatic ring is 1. The fourth-order valence-electron chi connectivity index (χ4n) is 2.10. The Kier molecular flexibility index (Phi) is 3.25. The van der Waals surface area contributed by atoms with Crippen molar-refractivity contribution in [3.05, 3.63) is 72.0 Å². The molecule has 0 saturated carbocycles. The summed E-state index contributed by atoms with van der Waals surface area (Å²) in [6.07, 6.45) is 0. The van der Waals surface area contributed by atoms with Gasteiger partial charge in [0.15, 0.2) is 0 Å². The molecular weight excluding hydrogens is 253 g/mol. The van der Waals surface area contributed by atoms with E-state index in [1.807, 2.05) is 42.5 Å². The summed E-state index contributed by atoms with van der Waals surface area (Å²) in [6.45, 7) is 0.185. The number of rotatable bonds is 3. The Balaban J connectivity index is 1.79. The smallest absolute Gasteiger partial charge is 0.131 e. The first-order valence-corrected chi connectivity index (χ1v) is 6.38. The molecule has 0 aliphatic rings. The normalized spacial score (nSPS) is 10.7. The predicted molar refractivity (Wildman–Crippen MR) is 79.1 cm³/mol. The lowest BCUT2D eigenvalue weighted by atomic mass is 10.1. The molecule has 0 aliphatic carbocycles. The average Bonchev–Trinajstić information content (AvgIpc) is 2.46. The van der Waals surface area contributed by atoms with E-state index in [1.54, 1.807) is 12.1 Å². The number of fused-ring (bicyclic) bond motifs is 1. The Morgan fingerprint density at radius 2 is 1.70 bits per heavy atom. The van der Waals surface area contributed by atoms with Crippen LogP contribution in [-0.4, -0.2) is 0 Å². The largest absolute Gasteiger partial charge is 0.489 e. The molecule has 0 fully saturated rings. The van der Waals surface area contributed by atoms with E-state index in [0.717, 1.165) is 16.5 Å². The highest BCUT2D eigenvalue weighted by molar-refractivity contribution is 5.83. The molecule has 0 radical (unpaired) electrons. The fraction of sp³-hybridized carbons (Fsp3) is 0.0588. The van der Waals surface area contributed by atoms with Gasteiger partial charge in [0.1, 0.15) is 18.2 Å². The van der Waals surface area contributed by atoms with Crippen molar-refractivity contribution in [3.8, 4) is 5.75 Å². The van der Waals surface area contributed by atoms with Gasteiger partial charge in [-0.25, -0.2) is 4.39 Å². The van der Waals surface area contributed by atoms with Gasteiger partial charge < -0.3 is 10.5 Å². The quantitative estimate of drug-likeness (QED) is 0.724. The maximum atomic E-state index is 13.6. The lowest BCUT2D eigenvalue weighted by Crippen LogP contribution is -1.99. The molecule has 20 heavy (non-hydrogen) atoms. The van der Waals surface area contributed by atoms with E-state index >= 15 is 0 Å². The van der Waals surface area contributed by atoms with Gasteiger partial charge in [0, 0.05) is 11.3 Å². The average molecular weight is 267 g/mol. The molecule has 0 aliphatic heterocycles. The van der Waals surface area contributed by atoms with Crippen LogP contribution in [0.3, 0.4) is 0 Å². The molecule has 3 heteroatoms. The van der Waals surface area contributed by atoms with Gasteiger partial charge in [-0.05, 0) is 35.0 Å². The molecule has 0 saturated heterocycles. The van der Waals surface area contributed by atoms with E-state index in [-0.39, 0.29) is 12.4 Å². The van der Waals surface area contributed by atoms with E-state index in [9.17, 15) is 4.39 Å². The molecular formula is C17H14FNO. The third kappa shape index (κ3) is 2.57. The van der Waals surface area contributed by atoms with Crippen molar-refractivity contribution in [2.45, 2.75) is 6.61 Å². The van der Waals surface area contributed by atoms with E-state index in [4.69, 9.17) is 10.5 Å². The molecule has 100 valence electrons. The Labute approximate surface area is 116 Å². The molecule has 0 amide bonds. The maximum absolute atomic E-state index is 13.6. The molecule has 2 N–H and O–H groups in total. The highest BCUT2D eigenvalue weighted by Gasteiger charge is 2.04. The van der Waals surface area contributed by atoms with Gasteiger partial charge in [-0.3, -0.25) is 0 Å². The van der Waals surface area contributed by atoms with Crippen LogP contribution in [-0.2, 0) is 6.61 Å². The van der Waals surface area contributed by atoms with Gasteiger partial charge >= 0.3 is 0 Å². The number of hydrogen-bond donors (Lipinski definition) is 1. The van der Waals surface area contributed by atoms with Crippen LogP contribution in [0.15, 0.2) is 60.7 Å². The minimum Gasteiger partial charge on any atom is -0.489 e. The van der Waals surface area contributed by atoms with Crippen molar-refractivity contribution in [1.82, 2.24) is 0 Å². The zero-order valence-corrected chi connectivity index (χ0v) is 10.8. The summed E-state index contributed by atoms with van der Waals surface area (Å²) in [6, 6.07) is 18.5. The van der Waals surface area contributed by atoms with Crippen LogP contribution < -0.4 is 10.5 Å². The summed E-state index contributed by atoms with van der Waals surface area (Å²) in [7, 11) is 0. The lowest BCUT2D eigenvalue weighted by Gasteiger charge is -2.08. The van der Waals surface area contributed by atoms with E-state index < -0.39 is 0 Å². The summed E-state index contributed by atoms with van der Waals surface area (Å²) in [5.41, 5.74) is 6.42. The molecule has 0 unspecified atom stereocenters. The number of ether oxygens (including phenoxy) is 1. The van der Waals surface area contributed by atoms with Gasteiger partial charge in [0.05, 0.1) is 0 Å². The first-order valence-electron chi connectivity index (χ1n) is 6.38. The topological polar surface area (TPSA) is 35.2 Å². The minimum absolute atomic E-state index is 0.185. The van der Waals surface area contributed by atoms with Crippen LogP contribution in [0.25, 0.3) is 10.8 Å². The Bertz CT molecular complexity index is 755. The molecule has 0 bridgehead atoms. The van der Waals surface area contributed by atoms with Crippen LogP contribution in [0.1, 0.15) is 5.56 Å². The second kappa shape index (κ2) is 5.21. The standard InChI is InChI=1S/C17H14FNO/c18-17-10-15(19)7-5-14(17)11-20-16-8-6-12-3-1-2-4-13(12)9-16/h1-10H,11,19H2. The van der Waals surface area contributed by atoms with Crippen molar-refractivity contribution in [2.24, 2.45) is 0 Å². The van der Waals surface area contributed by atoms with Gasteiger partial charge in [-0.15, -0.1) is 0 Å². The summed E-state index contributed by atoms with van der Waals surface area (Å²) >= 11 is 0. The number of benzene rings is 3. The van der Waals surface area contributed by atoms with Crippen LogP contribution in [0, 0.1) is 5.82 Å². The van der Waals surface area contributed by atoms with E-state index in [1.165, 1.54) is 6.07 Å². The van der Waals surface area contributed by atoms with Gasteiger partial charge in [0.25, 0.3) is 0 Å². The first kappa shape index (κ1) is 12.5. The molecule has 3 aromatic rings. The van der Waals surface area contributed by atoms with Crippen molar-refractivity contribution < 1.29 is 9.13 Å². The first-order chi connectivity index (χ1) is 9.72. The van der Waals surface area contributed by atoms with Crippen molar-refractivity contribution in [1.29, 1.82) is 0 Å². The highest BCUT2D eigenvalue weighted by atomic mass is 19.1. The van der Waals surface area contributed by atoms with Crippen molar-refractivity contribution in [3.63, 3.8) is 0 Å². The highest BCUT2D eigenvalue weighted by Crippen LogP contribution is 2.22. The zero-order valence-electron chi connectivity index (χ0n) is 10.8. The number of anilines is 1. The second-order valence-corrected chi connectivity index (χ2v) is 4.65. The number of halogens is 1. The molecule has 3 rings (SSSR count). The second-order valence-electron chi connectivity index (χ2n) is 4.65.